The Morgan fingerprint density at radius 3 is 2.62 bits per heavy atom. The summed E-state index contributed by atoms with van der Waals surface area (Å²) in [6, 6.07) is 1.47. The fraction of sp³-hybridized carbons (Fsp3) is 0.480. The highest BCUT2D eigenvalue weighted by Gasteiger charge is 2.32. The van der Waals surface area contributed by atoms with Crippen LogP contribution in [0.25, 0.3) is 6.08 Å². The molecule has 0 saturated heterocycles. The average Bonchev–Trinajstić information content (AvgIpc) is 2.63. The summed E-state index contributed by atoms with van der Waals surface area (Å²) in [5.74, 6) is -1.84. The summed E-state index contributed by atoms with van der Waals surface area (Å²) >= 11 is 0. The molecular formula is C25H34O4. The average molecular weight is 399 g/mol. The lowest BCUT2D eigenvalue weighted by atomic mass is 9.73. The number of phenols is 2. The van der Waals surface area contributed by atoms with E-state index >= 15 is 0 Å². The number of aromatic carboxylic acids is 1. The van der Waals surface area contributed by atoms with Crippen LogP contribution in [0.5, 0.6) is 11.5 Å². The van der Waals surface area contributed by atoms with Gasteiger partial charge in [0.15, 0.2) is 0 Å². The third kappa shape index (κ3) is 5.53. The summed E-state index contributed by atoms with van der Waals surface area (Å²) in [5, 5.41) is 31.4. The van der Waals surface area contributed by atoms with Gasteiger partial charge in [0.25, 0.3) is 0 Å². The molecule has 1 aliphatic carbocycles. The van der Waals surface area contributed by atoms with Crippen molar-refractivity contribution in [1.29, 1.82) is 0 Å². The van der Waals surface area contributed by atoms with Gasteiger partial charge in [-0.05, 0) is 57.1 Å². The number of carboxylic acid groups (broad SMARTS) is 1. The molecular weight excluding hydrogens is 364 g/mol. The van der Waals surface area contributed by atoms with Crippen LogP contribution in [-0.4, -0.2) is 21.3 Å². The van der Waals surface area contributed by atoms with Crippen molar-refractivity contribution >= 4 is 12.0 Å². The van der Waals surface area contributed by atoms with Crippen molar-refractivity contribution in [2.45, 2.75) is 71.6 Å². The van der Waals surface area contributed by atoms with Crippen molar-refractivity contribution in [2.75, 3.05) is 0 Å². The van der Waals surface area contributed by atoms with Gasteiger partial charge in [-0.2, -0.15) is 0 Å². The number of phenolic OH excluding ortho intramolecular Hbond substituents is 1. The van der Waals surface area contributed by atoms with E-state index in [1.54, 1.807) is 6.08 Å². The van der Waals surface area contributed by atoms with E-state index in [9.17, 15) is 20.1 Å². The zero-order valence-corrected chi connectivity index (χ0v) is 17.9. The molecule has 0 fully saturated rings. The summed E-state index contributed by atoms with van der Waals surface area (Å²) in [5.41, 5.74) is 2.59. The molecule has 0 aliphatic heterocycles. The van der Waals surface area contributed by atoms with Gasteiger partial charge in [0.2, 0.25) is 0 Å². The third-order valence-electron chi connectivity index (χ3n) is 5.80. The molecule has 4 nitrogen and oxygen atoms in total. The van der Waals surface area contributed by atoms with Gasteiger partial charge in [0.05, 0.1) is 0 Å². The van der Waals surface area contributed by atoms with E-state index in [0.717, 1.165) is 44.1 Å². The van der Waals surface area contributed by atoms with E-state index in [2.05, 4.69) is 13.5 Å². The number of benzene rings is 1. The lowest BCUT2D eigenvalue weighted by Gasteiger charge is -2.31. The Hall–Kier alpha value is -2.49. The molecule has 0 aromatic heterocycles. The predicted octanol–water partition coefficient (Wildman–Crippen LogP) is 6.80. The van der Waals surface area contributed by atoms with Crippen LogP contribution in [0.2, 0.25) is 0 Å². The molecule has 0 saturated carbocycles. The number of allylic oxidation sites excluding steroid dienone is 4. The molecule has 1 aliphatic rings. The summed E-state index contributed by atoms with van der Waals surface area (Å²) < 4.78 is 0. The second-order valence-electron chi connectivity index (χ2n) is 8.21. The Bertz CT molecular complexity index is 817. The maximum Gasteiger partial charge on any atom is 0.340 e. The van der Waals surface area contributed by atoms with E-state index in [-0.39, 0.29) is 34.5 Å². The minimum atomic E-state index is -1.20. The highest BCUT2D eigenvalue weighted by Crippen LogP contribution is 2.48. The number of unbranched alkanes of at least 4 members (excludes halogenated alkanes) is 4. The largest absolute Gasteiger partial charge is 0.507 e. The minimum Gasteiger partial charge on any atom is -0.507 e. The van der Waals surface area contributed by atoms with Gasteiger partial charge in [-0.15, -0.1) is 0 Å². The number of rotatable bonds is 9. The normalized spacial score (nSPS) is 19.3. The van der Waals surface area contributed by atoms with Crippen LogP contribution in [0.1, 0.15) is 93.1 Å². The Labute approximate surface area is 174 Å². The van der Waals surface area contributed by atoms with E-state index in [0.29, 0.717) is 5.56 Å². The molecule has 0 radical (unpaired) electrons. The van der Waals surface area contributed by atoms with Crippen molar-refractivity contribution in [1.82, 2.24) is 0 Å². The first-order chi connectivity index (χ1) is 13.8. The molecule has 0 amide bonds. The monoisotopic (exact) mass is 398 g/mol. The Kier molecular flexibility index (Phi) is 8.12. The Balaban J connectivity index is 2.44. The smallest absolute Gasteiger partial charge is 0.340 e. The van der Waals surface area contributed by atoms with Crippen LogP contribution in [0.4, 0.5) is 0 Å². The minimum absolute atomic E-state index is 0.0529. The fourth-order valence-electron chi connectivity index (χ4n) is 4.18. The lowest BCUT2D eigenvalue weighted by molar-refractivity contribution is 0.0693. The van der Waals surface area contributed by atoms with Crippen molar-refractivity contribution in [3.8, 4) is 11.5 Å². The fourth-order valence-corrected chi connectivity index (χ4v) is 4.18. The zero-order chi connectivity index (χ0) is 21.6. The second-order valence-corrected chi connectivity index (χ2v) is 8.21. The quantitative estimate of drug-likeness (QED) is 0.316. The molecule has 158 valence electrons. The van der Waals surface area contributed by atoms with Crippen LogP contribution >= 0.6 is 0 Å². The zero-order valence-electron chi connectivity index (χ0n) is 17.9. The summed E-state index contributed by atoms with van der Waals surface area (Å²) in [6.07, 6.45) is 12.8. The van der Waals surface area contributed by atoms with E-state index < -0.39 is 5.97 Å². The summed E-state index contributed by atoms with van der Waals surface area (Å²) in [6.45, 7) is 10.2. The van der Waals surface area contributed by atoms with Crippen molar-refractivity contribution < 1.29 is 20.1 Å². The topological polar surface area (TPSA) is 77.8 Å². The SMILES string of the molecule is C=C(C)[C@@H]1CCC(C)=C[C@H]1c1c(O)cc(/C=C/CCCCCC)c(C(=O)O)c1O. The van der Waals surface area contributed by atoms with E-state index in [1.165, 1.54) is 18.1 Å². The van der Waals surface area contributed by atoms with Crippen molar-refractivity contribution in [3.63, 3.8) is 0 Å². The molecule has 0 heterocycles. The Morgan fingerprint density at radius 1 is 1.28 bits per heavy atom. The molecule has 29 heavy (non-hydrogen) atoms. The molecule has 2 atom stereocenters. The highest BCUT2D eigenvalue weighted by atomic mass is 16.4. The lowest BCUT2D eigenvalue weighted by Crippen LogP contribution is -2.18. The maximum absolute atomic E-state index is 11.9. The van der Waals surface area contributed by atoms with Gasteiger partial charge in [-0.3, -0.25) is 0 Å². The van der Waals surface area contributed by atoms with E-state index in [1.807, 2.05) is 26.0 Å². The van der Waals surface area contributed by atoms with Gasteiger partial charge >= 0.3 is 5.97 Å². The standard InChI is InChI=1S/C25H34O4/c1-5-6-7-8-9-10-11-18-15-21(26)23(24(27)22(18)25(28)29)20-14-17(4)12-13-19(20)16(2)3/h10-11,14-15,19-20,26-27H,2,5-9,12-13H2,1,3-4H3,(H,28,29)/b11-10+/t19-,20+/m0/s1. The molecule has 0 unspecified atom stereocenters. The third-order valence-corrected chi connectivity index (χ3v) is 5.80. The van der Waals surface area contributed by atoms with Crippen LogP contribution < -0.4 is 0 Å². The molecule has 1 aromatic carbocycles. The first kappa shape index (κ1) is 22.8. The first-order valence-electron chi connectivity index (χ1n) is 10.6. The molecule has 0 spiro atoms. The van der Waals surface area contributed by atoms with Crippen LogP contribution in [-0.2, 0) is 0 Å². The van der Waals surface area contributed by atoms with Gasteiger partial charge < -0.3 is 15.3 Å². The van der Waals surface area contributed by atoms with Crippen LogP contribution in [0, 0.1) is 5.92 Å². The number of hydrogen-bond acceptors (Lipinski definition) is 3. The van der Waals surface area contributed by atoms with E-state index in [4.69, 9.17) is 0 Å². The number of carbonyl (C=O) groups is 1. The van der Waals surface area contributed by atoms with Crippen LogP contribution in [0.15, 0.2) is 35.9 Å². The number of carboxylic acids is 1. The number of hydrogen-bond donors (Lipinski definition) is 3. The molecule has 0 bridgehead atoms. The van der Waals surface area contributed by atoms with Gasteiger partial charge in [-0.25, -0.2) is 4.79 Å². The van der Waals surface area contributed by atoms with Crippen LogP contribution in [0.3, 0.4) is 0 Å². The van der Waals surface area contributed by atoms with Gasteiger partial charge in [0.1, 0.15) is 17.1 Å². The summed E-state index contributed by atoms with van der Waals surface area (Å²) in [4.78, 5) is 11.9. The Morgan fingerprint density at radius 2 is 2.00 bits per heavy atom. The molecule has 1 aromatic rings. The first-order valence-corrected chi connectivity index (χ1v) is 10.6. The van der Waals surface area contributed by atoms with Crippen molar-refractivity contribution in [2.24, 2.45) is 5.92 Å². The predicted molar refractivity (Wildman–Crippen MR) is 119 cm³/mol. The summed E-state index contributed by atoms with van der Waals surface area (Å²) in [7, 11) is 0. The van der Waals surface area contributed by atoms with Gasteiger partial charge in [0, 0.05) is 11.5 Å². The molecule has 4 heteroatoms. The van der Waals surface area contributed by atoms with Gasteiger partial charge in [-0.1, -0.05) is 62.1 Å². The van der Waals surface area contributed by atoms with Crippen molar-refractivity contribution in [3.05, 3.63) is 52.6 Å². The second kappa shape index (κ2) is 10.3. The number of aromatic hydroxyl groups is 2. The molecule has 3 N–H and O–H groups in total. The maximum atomic E-state index is 11.9. The molecule has 2 rings (SSSR count). The highest BCUT2D eigenvalue weighted by molar-refractivity contribution is 5.96.